The van der Waals surface area contributed by atoms with Gasteiger partial charge in [0.2, 0.25) is 18.2 Å². The molecule has 2 aliphatic carbocycles. The largest absolute Gasteiger partial charge is 0.234 e. The highest BCUT2D eigenvalue weighted by Gasteiger charge is 2.54. The first kappa shape index (κ1) is 23.4. The Morgan fingerprint density at radius 2 is 1.31 bits per heavy atom. The predicted molar refractivity (Wildman–Crippen MR) is 112 cm³/mol. The second kappa shape index (κ2) is 13.4. The zero-order valence-corrected chi connectivity index (χ0v) is 17.6. The number of hydrogen-bond donors (Lipinski definition) is 0. The van der Waals surface area contributed by atoms with Gasteiger partial charge in [-0.25, -0.2) is 29.4 Å². The molecular formula is C23H35N3O3. The zero-order valence-electron chi connectivity index (χ0n) is 17.6. The van der Waals surface area contributed by atoms with Crippen molar-refractivity contribution in [3.63, 3.8) is 0 Å². The van der Waals surface area contributed by atoms with Crippen LogP contribution in [0.3, 0.4) is 0 Å². The van der Waals surface area contributed by atoms with E-state index >= 15 is 0 Å². The van der Waals surface area contributed by atoms with Crippen molar-refractivity contribution in [2.45, 2.75) is 83.5 Å². The van der Waals surface area contributed by atoms with Gasteiger partial charge in [-0.3, -0.25) is 0 Å². The van der Waals surface area contributed by atoms with Crippen LogP contribution in [0.4, 0.5) is 0 Å². The van der Waals surface area contributed by atoms with Gasteiger partial charge in [-0.1, -0.05) is 32.1 Å². The molecule has 6 heteroatoms. The minimum Gasteiger partial charge on any atom is -0.211 e. The van der Waals surface area contributed by atoms with Crippen LogP contribution >= 0.6 is 0 Å². The molecule has 160 valence electrons. The van der Waals surface area contributed by atoms with Crippen LogP contribution in [-0.4, -0.2) is 37.9 Å². The number of nitrogens with zero attached hydrogens (tertiary/aromatic N) is 3. The maximum atomic E-state index is 10.4. The van der Waals surface area contributed by atoms with Crippen molar-refractivity contribution in [3.8, 4) is 0 Å². The highest BCUT2D eigenvalue weighted by molar-refractivity contribution is 5.33. The Morgan fingerprint density at radius 3 is 2.03 bits per heavy atom. The van der Waals surface area contributed by atoms with Crippen molar-refractivity contribution in [2.75, 3.05) is 19.6 Å². The lowest BCUT2D eigenvalue weighted by Crippen LogP contribution is -2.29. The van der Waals surface area contributed by atoms with Crippen LogP contribution < -0.4 is 0 Å². The first-order valence-electron chi connectivity index (χ1n) is 11.4. The molecule has 29 heavy (non-hydrogen) atoms. The van der Waals surface area contributed by atoms with E-state index in [1.807, 2.05) is 0 Å². The van der Waals surface area contributed by atoms with Gasteiger partial charge < -0.3 is 0 Å². The molecule has 0 heterocycles. The summed E-state index contributed by atoms with van der Waals surface area (Å²) in [6.07, 6.45) is 20.4. The monoisotopic (exact) mass is 401 g/mol. The molecular weight excluding hydrogens is 366 g/mol. The molecule has 0 aliphatic heterocycles. The van der Waals surface area contributed by atoms with Gasteiger partial charge in [0.05, 0.1) is 19.6 Å². The van der Waals surface area contributed by atoms with Crippen LogP contribution in [0.1, 0.15) is 83.5 Å². The summed E-state index contributed by atoms with van der Waals surface area (Å²) in [6, 6.07) is 0. The van der Waals surface area contributed by atoms with E-state index in [-0.39, 0.29) is 0 Å². The molecule has 2 saturated carbocycles. The van der Waals surface area contributed by atoms with Gasteiger partial charge in [0.25, 0.3) is 0 Å². The third-order valence-corrected chi connectivity index (χ3v) is 7.28. The van der Waals surface area contributed by atoms with Crippen molar-refractivity contribution in [1.29, 1.82) is 0 Å². The van der Waals surface area contributed by atoms with Crippen molar-refractivity contribution in [1.82, 2.24) is 0 Å². The normalized spacial score (nSPS) is 27.1. The SMILES string of the molecule is O=C=NCCCCCCCCC12CC(CCN=C=O)C(CC1CCCN=C=O)C2. The number of isocyanates is 3. The summed E-state index contributed by atoms with van der Waals surface area (Å²) in [5, 5.41) is 0. The second-order valence-electron chi connectivity index (χ2n) is 8.94. The molecule has 2 rings (SSSR count). The average molecular weight is 402 g/mol. The van der Waals surface area contributed by atoms with Crippen molar-refractivity contribution in [2.24, 2.45) is 38.1 Å². The fourth-order valence-electron chi connectivity index (χ4n) is 6.01. The molecule has 0 aromatic carbocycles. The van der Waals surface area contributed by atoms with Gasteiger partial charge in [0.1, 0.15) is 0 Å². The van der Waals surface area contributed by atoms with E-state index in [2.05, 4.69) is 15.0 Å². The van der Waals surface area contributed by atoms with Crippen molar-refractivity contribution in [3.05, 3.63) is 0 Å². The number of hydrogen-bond acceptors (Lipinski definition) is 6. The maximum Gasteiger partial charge on any atom is 0.234 e. The van der Waals surface area contributed by atoms with E-state index in [9.17, 15) is 14.4 Å². The zero-order chi connectivity index (χ0) is 20.8. The molecule has 0 saturated heterocycles. The minimum absolute atomic E-state index is 0.448. The molecule has 0 amide bonds. The Kier molecular flexibility index (Phi) is 10.8. The quantitative estimate of drug-likeness (QED) is 0.209. The molecule has 4 atom stereocenters. The first-order valence-corrected chi connectivity index (χ1v) is 11.4. The summed E-state index contributed by atoms with van der Waals surface area (Å²) < 4.78 is 0. The lowest BCUT2D eigenvalue weighted by Gasteiger charge is -2.38. The van der Waals surface area contributed by atoms with Crippen LogP contribution in [0.25, 0.3) is 0 Å². The van der Waals surface area contributed by atoms with E-state index in [1.165, 1.54) is 51.4 Å². The van der Waals surface area contributed by atoms with Gasteiger partial charge in [-0.2, -0.15) is 0 Å². The number of aliphatic imine (C=N–C) groups is 3. The molecule has 2 aliphatic rings. The third-order valence-electron chi connectivity index (χ3n) is 7.28. The van der Waals surface area contributed by atoms with Gasteiger partial charge in [0.15, 0.2) is 0 Å². The molecule has 0 spiro atoms. The standard InChI is InChI=1S/C23H35N3O3/c27-17-24-11-6-4-2-1-3-5-10-23-15-20(9-13-26-19-29)21(16-23)14-22(23)8-7-12-25-18-28/h20-22H,1-16H2. The smallest absolute Gasteiger partial charge is 0.211 e. The lowest BCUT2D eigenvalue weighted by atomic mass is 9.67. The highest BCUT2D eigenvalue weighted by atomic mass is 16.1. The summed E-state index contributed by atoms with van der Waals surface area (Å²) in [4.78, 5) is 41.8. The summed E-state index contributed by atoms with van der Waals surface area (Å²) in [5.74, 6) is 2.23. The average Bonchev–Trinajstić information content (AvgIpc) is 3.25. The fourth-order valence-corrected chi connectivity index (χ4v) is 6.01. The minimum atomic E-state index is 0.448. The van der Waals surface area contributed by atoms with Crippen LogP contribution in [-0.2, 0) is 14.4 Å². The molecule has 2 bridgehead atoms. The van der Waals surface area contributed by atoms with Crippen LogP contribution in [0.15, 0.2) is 15.0 Å². The van der Waals surface area contributed by atoms with E-state index in [4.69, 9.17) is 0 Å². The van der Waals surface area contributed by atoms with Gasteiger partial charge in [0, 0.05) is 0 Å². The van der Waals surface area contributed by atoms with Crippen LogP contribution in [0, 0.1) is 23.2 Å². The lowest BCUT2D eigenvalue weighted by molar-refractivity contribution is 0.122. The Hall–Kier alpha value is -1.86. The number of fused-ring (bicyclic) bond motifs is 2. The Labute approximate surface area is 174 Å². The second-order valence-corrected chi connectivity index (χ2v) is 8.94. The van der Waals surface area contributed by atoms with Crippen molar-refractivity contribution >= 4 is 18.2 Å². The Bertz CT molecular complexity index is 633. The summed E-state index contributed by atoms with van der Waals surface area (Å²) in [6.45, 7) is 1.83. The van der Waals surface area contributed by atoms with Crippen LogP contribution in [0.2, 0.25) is 0 Å². The van der Waals surface area contributed by atoms with E-state index in [0.29, 0.717) is 31.0 Å². The molecule has 6 nitrogen and oxygen atoms in total. The molecule has 0 aromatic heterocycles. The number of unbranched alkanes of at least 4 members (excludes halogenated alkanes) is 5. The van der Waals surface area contributed by atoms with E-state index in [1.54, 1.807) is 18.2 Å². The molecule has 0 aromatic rings. The first-order chi connectivity index (χ1) is 14.3. The highest BCUT2D eigenvalue weighted by Crippen LogP contribution is 2.64. The van der Waals surface area contributed by atoms with Crippen LogP contribution in [0.5, 0.6) is 0 Å². The topological polar surface area (TPSA) is 88.3 Å². The summed E-state index contributed by atoms with van der Waals surface area (Å²) >= 11 is 0. The third kappa shape index (κ3) is 7.48. The van der Waals surface area contributed by atoms with Gasteiger partial charge >= 0.3 is 0 Å². The Balaban J connectivity index is 1.77. The Morgan fingerprint density at radius 1 is 0.690 bits per heavy atom. The van der Waals surface area contributed by atoms with E-state index < -0.39 is 0 Å². The molecule has 0 radical (unpaired) electrons. The van der Waals surface area contributed by atoms with Gasteiger partial charge in [-0.15, -0.1) is 0 Å². The molecule has 0 N–H and O–H groups in total. The predicted octanol–water partition coefficient (Wildman–Crippen LogP) is 4.93. The maximum absolute atomic E-state index is 10.4. The van der Waals surface area contributed by atoms with Gasteiger partial charge in [-0.05, 0) is 74.5 Å². The summed E-state index contributed by atoms with van der Waals surface area (Å²) in [5.41, 5.74) is 0.448. The van der Waals surface area contributed by atoms with Crippen molar-refractivity contribution < 1.29 is 14.4 Å². The number of rotatable bonds is 16. The summed E-state index contributed by atoms with van der Waals surface area (Å²) in [7, 11) is 0. The fraction of sp³-hybridized carbons (Fsp3) is 0.870. The molecule has 4 unspecified atom stereocenters. The number of carbonyl (C=O) groups excluding carboxylic acids is 3. The van der Waals surface area contributed by atoms with E-state index in [0.717, 1.165) is 43.9 Å². The molecule has 2 fully saturated rings.